The lowest BCUT2D eigenvalue weighted by atomic mass is 9.99. The third-order valence-electron chi connectivity index (χ3n) is 3.05. The predicted molar refractivity (Wildman–Crippen MR) is 71.3 cm³/mol. The van der Waals surface area contributed by atoms with Gasteiger partial charge in [-0.25, -0.2) is 0 Å². The summed E-state index contributed by atoms with van der Waals surface area (Å²) in [6, 6.07) is 4.51. The molecule has 2 heterocycles. The number of carbonyl (C=O) groups is 1. The van der Waals surface area contributed by atoms with Gasteiger partial charge >= 0.3 is 0 Å². The first-order valence-electron chi connectivity index (χ1n) is 6.19. The molecule has 1 atom stereocenters. The van der Waals surface area contributed by atoms with E-state index in [0.29, 0.717) is 12.3 Å². The van der Waals surface area contributed by atoms with Gasteiger partial charge in [-0.15, -0.1) is 11.3 Å². The molecule has 2 N–H and O–H groups in total. The van der Waals surface area contributed by atoms with Gasteiger partial charge in [0, 0.05) is 28.6 Å². The van der Waals surface area contributed by atoms with Crippen molar-refractivity contribution in [2.45, 2.75) is 32.7 Å². The summed E-state index contributed by atoms with van der Waals surface area (Å²) in [6.45, 7) is 6.17. The summed E-state index contributed by atoms with van der Waals surface area (Å²) >= 11 is 1.81. The minimum absolute atomic E-state index is 0.192. The Morgan fingerprint density at radius 3 is 2.88 bits per heavy atom. The maximum atomic E-state index is 11.7. The van der Waals surface area contributed by atoms with Gasteiger partial charge in [-0.1, -0.05) is 0 Å². The molecule has 4 heteroatoms. The van der Waals surface area contributed by atoms with Crippen molar-refractivity contribution >= 4 is 17.2 Å². The molecule has 0 spiro atoms. The van der Waals surface area contributed by atoms with Crippen LogP contribution in [-0.2, 0) is 11.2 Å². The molecule has 17 heavy (non-hydrogen) atoms. The molecule has 1 aromatic heterocycles. The summed E-state index contributed by atoms with van der Waals surface area (Å²) in [6.07, 6.45) is 1.61. The van der Waals surface area contributed by atoms with Gasteiger partial charge < -0.3 is 10.6 Å². The Kier molecular flexibility index (Phi) is 4.18. The van der Waals surface area contributed by atoms with Crippen molar-refractivity contribution in [3.63, 3.8) is 0 Å². The minimum Gasteiger partial charge on any atom is -0.353 e. The number of hydrogen-bond donors (Lipinski definition) is 2. The fourth-order valence-corrected chi connectivity index (χ4v) is 3.06. The van der Waals surface area contributed by atoms with Gasteiger partial charge in [-0.3, -0.25) is 4.79 Å². The molecule has 1 aliphatic heterocycles. The summed E-state index contributed by atoms with van der Waals surface area (Å²) < 4.78 is 0. The van der Waals surface area contributed by atoms with Gasteiger partial charge in [0.25, 0.3) is 0 Å². The molecule has 1 amide bonds. The van der Waals surface area contributed by atoms with Crippen LogP contribution >= 0.6 is 11.3 Å². The van der Waals surface area contributed by atoms with Crippen LogP contribution in [0, 0.1) is 12.8 Å². The van der Waals surface area contributed by atoms with Crippen LogP contribution in [0.3, 0.4) is 0 Å². The number of rotatable bonds is 5. The highest BCUT2D eigenvalue weighted by molar-refractivity contribution is 7.11. The van der Waals surface area contributed by atoms with E-state index in [9.17, 15) is 4.79 Å². The molecule has 3 nitrogen and oxygen atoms in total. The van der Waals surface area contributed by atoms with Crippen LogP contribution in [0.2, 0.25) is 0 Å². The van der Waals surface area contributed by atoms with E-state index in [-0.39, 0.29) is 11.9 Å². The Bertz CT molecular complexity index is 385. The Morgan fingerprint density at radius 1 is 1.59 bits per heavy atom. The lowest BCUT2D eigenvalue weighted by molar-refractivity contribution is -0.122. The maximum absolute atomic E-state index is 11.7. The van der Waals surface area contributed by atoms with Crippen molar-refractivity contribution < 1.29 is 4.79 Å². The van der Waals surface area contributed by atoms with Crippen molar-refractivity contribution in [1.82, 2.24) is 10.6 Å². The molecule has 0 bridgehead atoms. The molecule has 1 saturated heterocycles. The minimum atomic E-state index is 0.192. The van der Waals surface area contributed by atoms with Crippen LogP contribution in [0.1, 0.15) is 23.1 Å². The summed E-state index contributed by atoms with van der Waals surface area (Å²) in [7, 11) is 0. The van der Waals surface area contributed by atoms with Gasteiger partial charge in [0.05, 0.1) is 0 Å². The maximum Gasteiger partial charge on any atom is 0.220 e. The average molecular weight is 252 g/mol. The third kappa shape index (κ3) is 3.82. The first-order valence-corrected chi connectivity index (χ1v) is 7.00. The second kappa shape index (κ2) is 5.65. The fraction of sp³-hybridized carbons (Fsp3) is 0.615. The molecule has 0 aliphatic carbocycles. The SMILES string of the molecule is Cc1ccc(CC(C)NC(=O)CC2CNC2)s1. The van der Waals surface area contributed by atoms with Gasteiger partial charge in [0.2, 0.25) is 5.91 Å². The Balaban J connectivity index is 1.72. The van der Waals surface area contributed by atoms with Crippen molar-refractivity contribution in [1.29, 1.82) is 0 Å². The van der Waals surface area contributed by atoms with Crippen LogP contribution in [0.4, 0.5) is 0 Å². The Labute approximate surface area is 107 Å². The van der Waals surface area contributed by atoms with E-state index < -0.39 is 0 Å². The number of aryl methyl sites for hydroxylation is 1. The highest BCUT2D eigenvalue weighted by atomic mass is 32.1. The second-order valence-electron chi connectivity index (χ2n) is 4.91. The second-order valence-corrected chi connectivity index (χ2v) is 6.29. The zero-order valence-corrected chi connectivity index (χ0v) is 11.3. The molecule has 0 saturated carbocycles. The van der Waals surface area contributed by atoms with Crippen LogP contribution in [0.15, 0.2) is 12.1 Å². The van der Waals surface area contributed by atoms with E-state index in [4.69, 9.17) is 0 Å². The van der Waals surface area contributed by atoms with Crippen molar-refractivity contribution in [3.8, 4) is 0 Å². The van der Waals surface area contributed by atoms with Gasteiger partial charge in [0.15, 0.2) is 0 Å². The Hall–Kier alpha value is -0.870. The summed E-state index contributed by atoms with van der Waals surface area (Å²) in [5.41, 5.74) is 0. The van der Waals surface area contributed by atoms with Gasteiger partial charge in [0.1, 0.15) is 0 Å². The van der Waals surface area contributed by atoms with Crippen LogP contribution < -0.4 is 10.6 Å². The standard InChI is InChI=1S/C13H20N2OS/c1-9(5-12-4-3-10(2)17-12)15-13(16)6-11-7-14-8-11/h3-4,9,11,14H,5-8H2,1-2H3,(H,15,16). The highest BCUT2D eigenvalue weighted by Crippen LogP contribution is 2.17. The summed E-state index contributed by atoms with van der Waals surface area (Å²) in [4.78, 5) is 14.4. The quantitative estimate of drug-likeness (QED) is 0.837. The first kappa shape index (κ1) is 12.6. The first-order chi connectivity index (χ1) is 8.13. The zero-order chi connectivity index (χ0) is 12.3. The van der Waals surface area contributed by atoms with Crippen molar-refractivity contribution in [2.75, 3.05) is 13.1 Å². The van der Waals surface area contributed by atoms with Crippen molar-refractivity contribution in [3.05, 3.63) is 21.9 Å². The molecule has 2 rings (SSSR count). The largest absolute Gasteiger partial charge is 0.353 e. The van der Waals surface area contributed by atoms with Crippen LogP contribution in [0.25, 0.3) is 0 Å². The topological polar surface area (TPSA) is 41.1 Å². The molecular formula is C13H20N2OS. The van der Waals surface area contributed by atoms with Crippen LogP contribution in [0.5, 0.6) is 0 Å². The third-order valence-corrected chi connectivity index (χ3v) is 4.07. The lowest BCUT2D eigenvalue weighted by Gasteiger charge is -2.27. The molecule has 0 aromatic carbocycles. The number of thiophene rings is 1. The normalized spacial score (nSPS) is 17.5. The van der Waals surface area contributed by atoms with E-state index in [0.717, 1.165) is 19.5 Å². The monoisotopic (exact) mass is 252 g/mol. The molecule has 1 unspecified atom stereocenters. The number of nitrogens with one attached hydrogen (secondary N) is 2. The molecule has 1 fully saturated rings. The number of amides is 1. The molecule has 0 radical (unpaired) electrons. The smallest absolute Gasteiger partial charge is 0.220 e. The van der Waals surface area contributed by atoms with Crippen molar-refractivity contribution in [2.24, 2.45) is 5.92 Å². The number of hydrogen-bond acceptors (Lipinski definition) is 3. The fourth-order valence-electron chi connectivity index (χ4n) is 2.04. The molecule has 94 valence electrons. The summed E-state index contributed by atoms with van der Waals surface area (Å²) in [5, 5.41) is 6.26. The average Bonchev–Trinajstić information content (AvgIpc) is 2.57. The molecule has 1 aliphatic rings. The van der Waals surface area contributed by atoms with Crippen LogP contribution in [-0.4, -0.2) is 25.0 Å². The highest BCUT2D eigenvalue weighted by Gasteiger charge is 2.20. The van der Waals surface area contributed by atoms with Gasteiger partial charge in [-0.2, -0.15) is 0 Å². The van der Waals surface area contributed by atoms with E-state index in [2.05, 4.69) is 36.6 Å². The summed E-state index contributed by atoms with van der Waals surface area (Å²) in [5.74, 6) is 0.739. The van der Waals surface area contributed by atoms with E-state index in [1.165, 1.54) is 9.75 Å². The van der Waals surface area contributed by atoms with E-state index in [1.54, 1.807) is 0 Å². The van der Waals surface area contributed by atoms with Gasteiger partial charge in [-0.05, 0) is 45.0 Å². The predicted octanol–water partition coefficient (Wildman–Crippen LogP) is 1.71. The number of carbonyl (C=O) groups excluding carboxylic acids is 1. The van der Waals surface area contributed by atoms with E-state index in [1.807, 2.05) is 11.3 Å². The Morgan fingerprint density at radius 2 is 2.35 bits per heavy atom. The lowest BCUT2D eigenvalue weighted by Crippen LogP contribution is -2.45. The van der Waals surface area contributed by atoms with E-state index >= 15 is 0 Å². The zero-order valence-electron chi connectivity index (χ0n) is 10.5. The molecule has 1 aromatic rings. The molecular weight excluding hydrogens is 232 g/mol.